The first-order valence-electron chi connectivity index (χ1n) is 4.96. The highest BCUT2D eigenvalue weighted by molar-refractivity contribution is 7.10. The molecule has 1 saturated carbocycles. The molecule has 1 aromatic heterocycles. The van der Waals surface area contributed by atoms with E-state index in [1.165, 1.54) is 4.88 Å². The van der Waals surface area contributed by atoms with Crippen LogP contribution in [0.2, 0.25) is 0 Å². The Morgan fingerprint density at radius 2 is 2.21 bits per heavy atom. The molecule has 1 aliphatic carbocycles. The van der Waals surface area contributed by atoms with Crippen molar-refractivity contribution in [1.82, 2.24) is 0 Å². The van der Waals surface area contributed by atoms with Crippen molar-refractivity contribution in [1.29, 1.82) is 0 Å². The highest BCUT2D eigenvalue weighted by Gasteiger charge is 2.35. The third-order valence-electron chi connectivity index (χ3n) is 2.91. The van der Waals surface area contributed by atoms with Crippen molar-refractivity contribution in [3.05, 3.63) is 32.5 Å². The van der Waals surface area contributed by atoms with E-state index in [4.69, 9.17) is 0 Å². The van der Waals surface area contributed by atoms with Crippen LogP contribution in [-0.2, 0) is 0 Å². The van der Waals surface area contributed by atoms with Crippen LogP contribution in [-0.4, -0.2) is 11.0 Å². The summed E-state index contributed by atoms with van der Waals surface area (Å²) >= 11 is 1.65. The van der Waals surface area contributed by atoms with Gasteiger partial charge >= 0.3 is 0 Å². The van der Waals surface area contributed by atoms with Crippen LogP contribution >= 0.6 is 11.3 Å². The zero-order chi connectivity index (χ0) is 9.97. The molecule has 0 N–H and O–H groups in total. The van der Waals surface area contributed by atoms with E-state index in [1.54, 1.807) is 11.3 Å². The molecule has 2 rings (SSSR count). The molecule has 0 radical (unpaired) electrons. The largest absolute Gasteiger partial charge is 0.264 e. The number of thiophene rings is 1. The van der Waals surface area contributed by atoms with E-state index in [-0.39, 0.29) is 16.9 Å². The quantitative estimate of drug-likeness (QED) is 0.557. The molecular weight excluding hydrogens is 198 g/mol. The van der Waals surface area contributed by atoms with Crippen LogP contribution in [0, 0.1) is 10.1 Å². The van der Waals surface area contributed by atoms with E-state index < -0.39 is 0 Å². The van der Waals surface area contributed by atoms with E-state index in [9.17, 15) is 10.1 Å². The molecule has 4 heteroatoms. The van der Waals surface area contributed by atoms with Gasteiger partial charge in [-0.05, 0) is 24.3 Å². The first-order chi connectivity index (χ1) is 6.79. The standard InChI is InChI=1S/C10H13NO2S/c12-11(13)9-5-2-1-4-8(9)10-6-3-7-14-10/h3,6-9H,1-2,4-5H2. The second kappa shape index (κ2) is 4.09. The minimum atomic E-state index is -0.345. The van der Waals surface area contributed by atoms with Crippen molar-refractivity contribution < 1.29 is 4.92 Å². The van der Waals surface area contributed by atoms with Crippen LogP contribution in [0.3, 0.4) is 0 Å². The topological polar surface area (TPSA) is 43.1 Å². The third kappa shape index (κ3) is 1.80. The number of hydrogen-bond acceptors (Lipinski definition) is 3. The first kappa shape index (κ1) is 9.65. The van der Waals surface area contributed by atoms with Crippen molar-refractivity contribution >= 4 is 11.3 Å². The van der Waals surface area contributed by atoms with Gasteiger partial charge in [0.2, 0.25) is 6.04 Å². The number of hydrogen-bond donors (Lipinski definition) is 0. The van der Waals surface area contributed by atoms with Gasteiger partial charge in [0.15, 0.2) is 0 Å². The third-order valence-corrected chi connectivity index (χ3v) is 3.91. The molecule has 0 saturated heterocycles. The smallest absolute Gasteiger partial charge is 0.220 e. The molecule has 1 aromatic rings. The molecule has 76 valence electrons. The lowest BCUT2D eigenvalue weighted by Gasteiger charge is -2.24. The molecular formula is C10H13NO2S. The van der Waals surface area contributed by atoms with Crippen LogP contribution in [0.4, 0.5) is 0 Å². The summed E-state index contributed by atoms with van der Waals surface area (Å²) in [7, 11) is 0. The van der Waals surface area contributed by atoms with Gasteiger partial charge in [0, 0.05) is 16.2 Å². The summed E-state index contributed by atoms with van der Waals surface area (Å²) < 4.78 is 0. The lowest BCUT2D eigenvalue weighted by Crippen LogP contribution is -2.30. The van der Waals surface area contributed by atoms with Gasteiger partial charge in [-0.25, -0.2) is 0 Å². The van der Waals surface area contributed by atoms with Gasteiger partial charge in [0.25, 0.3) is 0 Å². The Labute approximate surface area is 86.9 Å². The molecule has 0 bridgehead atoms. The number of nitrogens with zero attached hydrogens (tertiary/aromatic N) is 1. The summed E-state index contributed by atoms with van der Waals surface area (Å²) in [5.74, 6) is 0.166. The maximum absolute atomic E-state index is 10.9. The number of nitro groups is 1. The van der Waals surface area contributed by atoms with Crippen molar-refractivity contribution in [2.75, 3.05) is 0 Å². The Balaban J connectivity index is 2.18. The van der Waals surface area contributed by atoms with Crippen LogP contribution in [0.15, 0.2) is 17.5 Å². The fourth-order valence-corrected chi connectivity index (χ4v) is 3.12. The van der Waals surface area contributed by atoms with Crippen LogP contribution in [0.25, 0.3) is 0 Å². The highest BCUT2D eigenvalue weighted by atomic mass is 32.1. The summed E-state index contributed by atoms with van der Waals surface area (Å²) in [4.78, 5) is 12.0. The van der Waals surface area contributed by atoms with Gasteiger partial charge in [-0.15, -0.1) is 11.3 Å². The zero-order valence-electron chi connectivity index (χ0n) is 7.89. The van der Waals surface area contributed by atoms with Crippen LogP contribution in [0.1, 0.15) is 36.5 Å². The van der Waals surface area contributed by atoms with E-state index >= 15 is 0 Å². The van der Waals surface area contributed by atoms with Crippen molar-refractivity contribution in [2.24, 2.45) is 0 Å². The molecule has 0 aromatic carbocycles. The molecule has 0 amide bonds. The average Bonchev–Trinajstić information content (AvgIpc) is 2.70. The minimum Gasteiger partial charge on any atom is -0.264 e. The highest BCUT2D eigenvalue weighted by Crippen LogP contribution is 2.36. The van der Waals surface area contributed by atoms with Gasteiger partial charge in [-0.1, -0.05) is 12.5 Å². The van der Waals surface area contributed by atoms with Crippen molar-refractivity contribution in [3.63, 3.8) is 0 Å². The SMILES string of the molecule is O=[N+]([O-])C1CCCCC1c1cccs1. The Bertz CT molecular complexity index is 310. The summed E-state index contributed by atoms with van der Waals surface area (Å²) in [6.45, 7) is 0. The second-order valence-electron chi connectivity index (χ2n) is 3.76. The monoisotopic (exact) mass is 211 g/mol. The lowest BCUT2D eigenvalue weighted by atomic mass is 9.84. The van der Waals surface area contributed by atoms with Gasteiger partial charge in [0.05, 0.1) is 5.92 Å². The molecule has 0 spiro atoms. The molecule has 1 heterocycles. The minimum absolute atomic E-state index is 0.0937. The fraction of sp³-hybridized carbons (Fsp3) is 0.600. The van der Waals surface area contributed by atoms with Gasteiger partial charge in [-0.3, -0.25) is 10.1 Å². The molecule has 0 aliphatic heterocycles. The second-order valence-corrected chi connectivity index (χ2v) is 4.74. The maximum atomic E-state index is 10.9. The summed E-state index contributed by atoms with van der Waals surface area (Å²) in [6.07, 6.45) is 3.86. The van der Waals surface area contributed by atoms with E-state index in [2.05, 4.69) is 0 Å². The van der Waals surface area contributed by atoms with E-state index in [0.29, 0.717) is 0 Å². The van der Waals surface area contributed by atoms with E-state index in [1.807, 2.05) is 17.5 Å². The maximum Gasteiger partial charge on any atom is 0.220 e. The number of rotatable bonds is 2. The van der Waals surface area contributed by atoms with Crippen LogP contribution in [0.5, 0.6) is 0 Å². The van der Waals surface area contributed by atoms with E-state index in [0.717, 1.165) is 25.7 Å². The lowest BCUT2D eigenvalue weighted by molar-refractivity contribution is -0.529. The van der Waals surface area contributed by atoms with Crippen molar-refractivity contribution in [3.8, 4) is 0 Å². The van der Waals surface area contributed by atoms with Gasteiger partial charge in [0.1, 0.15) is 0 Å². The Morgan fingerprint density at radius 3 is 2.86 bits per heavy atom. The summed E-state index contributed by atoms with van der Waals surface area (Å²) in [5.41, 5.74) is 0. The molecule has 14 heavy (non-hydrogen) atoms. The molecule has 1 aliphatic rings. The Kier molecular flexibility index (Phi) is 2.82. The normalized spacial score (nSPS) is 27.4. The first-order valence-corrected chi connectivity index (χ1v) is 5.84. The summed E-state index contributed by atoms with van der Waals surface area (Å²) in [6, 6.07) is 3.66. The van der Waals surface area contributed by atoms with Crippen molar-refractivity contribution in [2.45, 2.75) is 37.6 Å². The van der Waals surface area contributed by atoms with Crippen LogP contribution < -0.4 is 0 Å². The van der Waals surface area contributed by atoms with Gasteiger partial charge < -0.3 is 0 Å². The molecule has 2 unspecified atom stereocenters. The average molecular weight is 211 g/mol. The fourth-order valence-electron chi connectivity index (χ4n) is 2.20. The Hall–Kier alpha value is -0.900. The predicted molar refractivity (Wildman–Crippen MR) is 56.3 cm³/mol. The zero-order valence-corrected chi connectivity index (χ0v) is 8.70. The van der Waals surface area contributed by atoms with Gasteiger partial charge in [-0.2, -0.15) is 0 Å². The molecule has 3 nitrogen and oxygen atoms in total. The Morgan fingerprint density at radius 1 is 1.43 bits per heavy atom. The molecule has 1 fully saturated rings. The summed E-state index contributed by atoms with van der Waals surface area (Å²) in [5, 5.41) is 12.9. The predicted octanol–water partition coefficient (Wildman–Crippen LogP) is 3.05. The molecule has 2 atom stereocenters.